The summed E-state index contributed by atoms with van der Waals surface area (Å²) >= 11 is 6.17. The van der Waals surface area contributed by atoms with Crippen molar-refractivity contribution in [3.63, 3.8) is 0 Å². The van der Waals surface area contributed by atoms with Crippen molar-refractivity contribution in [2.24, 2.45) is 0 Å². The Balaban J connectivity index is 2.03. The molecule has 1 atom stereocenters. The first-order chi connectivity index (χ1) is 12.9. The fraction of sp³-hybridized carbons (Fsp3) is 0.368. The Morgan fingerprint density at radius 3 is 2.59 bits per heavy atom. The molecule has 0 bridgehead atoms. The van der Waals surface area contributed by atoms with Crippen LogP contribution in [0.15, 0.2) is 29.2 Å². The molecular weight excluding hydrogens is 384 g/mol. The molecule has 0 aliphatic carbocycles. The van der Waals surface area contributed by atoms with Gasteiger partial charge < -0.3 is 14.8 Å². The number of carboxylic acids is 1. The molecule has 8 heteroatoms. The van der Waals surface area contributed by atoms with Gasteiger partial charge in [-0.15, -0.1) is 0 Å². The fourth-order valence-electron chi connectivity index (χ4n) is 3.21. The minimum atomic E-state index is -1.39. The number of benzene rings is 1. The molecular formula is C19H19N2O4S2-. The Labute approximate surface area is 167 Å². The minimum Gasteiger partial charge on any atom is -0.548 e. The normalized spacial score (nSPS) is 20.4. The highest BCUT2D eigenvalue weighted by Gasteiger charge is 2.43. The average Bonchev–Trinajstić information content (AvgIpc) is 3.08. The zero-order valence-electron chi connectivity index (χ0n) is 15.1. The van der Waals surface area contributed by atoms with E-state index < -0.39 is 17.9 Å². The van der Waals surface area contributed by atoms with Crippen LogP contribution in [0, 0.1) is 0 Å². The molecule has 27 heavy (non-hydrogen) atoms. The number of rotatable bonds is 6. The Morgan fingerprint density at radius 2 is 1.93 bits per heavy atom. The smallest absolute Gasteiger partial charge is 0.267 e. The molecule has 2 heterocycles. The van der Waals surface area contributed by atoms with Crippen LogP contribution in [0.5, 0.6) is 0 Å². The van der Waals surface area contributed by atoms with Crippen molar-refractivity contribution in [1.82, 2.24) is 4.90 Å². The molecule has 0 saturated carbocycles. The topological polar surface area (TPSA) is 80.8 Å². The summed E-state index contributed by atoms with van der Waals surface area (Å²) in [7, 11) is 0. The summed E-state index contributed by atoms with van der Waals surface area (Å²) in [4.78, 5) is 40.1. The maximum Gasteiger partial charge on any atom is 0.267 e. The van der Waals surface area contributed by atoms with Gasteiger partial charge in [-0.05, 0) is 19.4 Å². The molecule has 2 aliphatic heterocycles. The summed E-state index contributed by atoms with van der Waals surface area (Å²) in [5, 5.41) is 11.2. The molecule has 0 radical (unpaired) electrons. The lowest BCUT2D eigenvalue weighted by molar-refractivity contribution is -0.309. The van der Waals surface area contributed by atoms with Crippen molar-refractivity contribution in [2.75, 3.05) is 11.4 Å². The molecule has 6 nitrogen and oxygen atoms in total. The average molecular weight is 404 g/mol. The Kier molecular flexibility index (Phi) is 5.67. The summed E-state index contributed by atoms with van der Waals surface area (Å²) in [6.07, 6.45) is 2.91. The number of fused-ring (bicyclic) bond motifs is 1. The van der Waals surface area contributed by atoms with Gasteiger partial charge in [-0.25, -0.2) is 0 Å². The quantitative estimate of drug-likeness (QED) is 0.410. The van der Waals surface area contributed by atoms with E-state index in [2.05, 4.69) is 6.92 Å². The number of hydrogen-bond donors (Lipinski definition) is 0. The summed E-state index contributed by atoms with van der Waals surface area (Å²) in [6.45, 7) is 4.01. The molecule has 3 rings (SSSR count). The lowest BCUT2D eigenvalue weighted by atomic mass is 10.1. The standard InChI is InChI=1S/C19H20N2O4S2/c1-3-4-7-10-20-13-9-6-5-8-12(13)14(16(20)22)15-17(23)21(19(26)27-15)11(2)18(24)25/h5-6,8-9,11H,3-4,7,10H2,1-2H3,(H,24,25)/p-1/b15-14-/t11-/m0/s1. The molecule has 1 aromatic carbocycles. The van der Waals surface area contributed by atoms with Gasteiger partial charge in [0.1, 0.15) is 4.32 Å². The van der Waals surface area contributed by atoms with Gasteiger partial charge in [0.15, 0.2) is 0 Å². The van der Waals surface area contributed by atoms with Gasteiger partial charge in [0, 0.05) is 12.1 Å². The lowest BCUT2D eigenvalue weighted by Gasteiger charge is -2.23. The van der Waals surface area contributed by atoms with Crippen LogP contribution in [0.25, 0.3) is 5.57 Å². The Bertz CT molecular complexity index is 865. The van der Waals surface area contributed by atoms with E-state index in [4.69, 9.17) is 12.2 Å². The first-order valence-corrected chi connectivity index (χ1v) is 10.0. The van der Waals surface area contributed by atoms with Crippen molar-refractivity contribution >= 4 is 57.3 Å². The first kappa shape index (κ1) is 19.6. The largest absolute Gasteiger partial charge is 0.548 e. The van der Waals surface area contributed by atoms with Gasteiger partial charge in [-0.3, -0.25) is 14.5 Å². The predicted octanol–water partition coefficient (Wildman–Crippen LogP) is 1.93. The van der Waals surface area contributed by atoms with E-state index in [1.165, 1.54) is 6.92 Å². The second-order valence-corrected chi connectivity index (χ2v) is 8.07. The number of unbranched alkanes of at least 4 members (excludes halogenated alkanes) is 2. The zero-order chi connectivity index (χ0) is 19.7. The molecule has 142 valence electrons. The number of amides is 2. The number of hydrogen-bond acceptors (Lipinski definition) is 6. The van der Waals surface area contributed by atoms with Gasteiger partial charge in [-0.2, -0.15) is 0 Å². The van der Waals surface area contributed by atoms with Crippen LogP contribution < -0.4 is 10.0 Å². The molecule has 2 amide bonds. The Morgan fingerprint density at radius 1 is 1.22 bits per heavy atom. The van der Waals surface area contributed by atoms with Crippen molar-refractivity contribution in [3.8, 4) is 0 Å². The number of nitrogens with zero attached hydrogens (tertiary/aromatic N) is 2. The fourth-order valence-corrected chi connectivity index (χ4v) is 4.70. The third-order valence-electron chi connectivity index (χ3n) is 4.66. The number of aliphatic carboxylic acids is 1. The van der Waals surface area contributed by atoms with E-state index in [-0.39, 0.29) is 15.1 Å². The van der Waals surface area contributed by atoms with Crippen molar-refractivity contribution in [3.05, 3.63) is 34.7 Å². The Hall–Kier alpha value is -2.19. The van der Waals surface area contributed by atoms with Crippen LogP contribution >= 0.6 is 24.0 Å². The lowest BCUT2D eigenvalue weighted by Crippen LogP contribution is -2.48. The summed E-state index contributed by atoms with van der Waals surface area (Å²) < 4.78 is 0.119. The molecule has 0 N–H and O–H groups in total. The van der Waals surface area contributed by atoms with Crippen molar-refractivity contribution in [2.45, 2.75) is 39.2 Å². The SMILES string of the molecule is CCCCCN1C(=O)/C(=C2\SC(=S)N([C@@H](C)C(=O)[O-])C2=O)c2ccccc21. The van der Waals surface area contributed by atoms with Crippen LogP contribution in [-0.4, -0.2) is 39.6 Å². The monoisotopic (exact) mass is 403 g/mol. The minimum absolute atomic E-state index is 0.119. The highest BCUT2D eigenvalue weighted by atomic mass is 32.2. The van der Waals surface area contributed by atoms with E-state index in [0.717, 1.165) is 41.6 Å². The molecule has 1 fully saturated rings. The molecule has 0 aromatic heterocycles. The second-order valence-electron chi connectivity index (χ2n) is 6.42. The molecule has 1 aromatic rings. The maximum absolute atomic E-state index is 13.1. The number of para-hydroxylation sites is 1. The van der Waals surface area contributed by atoms with E-state index in [1.54, 1.807) is 11.0 Å². The van der Waals surface area contributed by atoms with Crippen LogP contribution in [0.3, 0.4) is 0 Å². The van der Waals surface area contributed by atoms with Crippen LogP contribution in [0.4, 0.5) is 5.69 Å². The molecule has 0 spiro atoms. The predicted molar refractivity (Wildman–Crippen MR) is 107 cm³/mol. The number of anilines is 1. The van der Waals surface area contributed by atoms with E-state index in [1.807, 2.05) is 18.2 Å². The van der Waals surface area contributed by atoms with Gasteiger partial charge >= 0.3 is 0 Å². The number of carboxylic acid groups (broad SMARTS) is 1. The van der Waals surface area contributed by atoms with E-state index >= 15 is 0 Å². The van der Waals surface area contributed by atoms with Gasteiger partial charge in [0.05, 0.1) is 28.2 Å². The first-order valence-electron chi connectivity index (χ1n) is 8.80. The molecule has 2 aliphatic rings. The van der Waals surface area contributed by atoms with Gasteiger partial charge in [0.2, 0.25) is 0 Å². The van der Waals surface area contributed by atoms with Crippen LogP contribution in [0.1, 0.15) is 38.7 Å². The van der Waals surface area contributed by atoms with Crippen LogP contribution in [0.2, 0.25) is 0 Å². The highest BCUT2D eigenvalue weighted by molar-refractivity contribution is 8.26. The molecule has 0 unspecified atom stereocenters. The van der Waals surface area contributed by atoms with E-state index in [9.17, 15) is 19.5 Å². The van der Waals surface area contributed by atoms with Crippen LogP contribution in [-0.2, 0) is 14.4 Å². The van der Waals surface area contributed by atoms with Gasteiger partial charge in [-0.1, -0.05) is 61.9 Å². The second kappa shape index (κ2) is 7.82. The highest BCUT2D eigenvalue weighted by Crippen LogP contribution is 2.44. The number of carbonyl (C=O) groups excluding carboxylic acids is 3. The summed E-state index contributed by atoms with van der Waals surface area (Å²) in [6, 6.07) is 6.13. The maximum atomic E-state index is 13.1. The summed E-state index contributed by atoms with van der Waals surface area (Å²) in [5.41, 5.74) is 1.75. The number of thiocarbonyl (C=S) groups is 1. The van der Waals surface area contributed by atoms with Crippen molar-refractivity contribution in [1.29, 1.82) is 0 Å². The molecule has 1 saturated heterocycles. The summed E-state index contributed by atoms with van der Waals surface area (Å²) in [5.74, 6) is -2.19. The number of carbonyl (C=O) groups is 3. The van der Waals surface area contributed by atoms with Gasteiger partial charge in [0.25, 0.3) is 11.8 Å². The third-order valence-corrected chi connectivity index (χ3v) is 6.06. The van der Waals surface area contributed by atoms with E-state index in [0.29, 0.717) is 17.7 Å². The van der Waals surface area contributed by atoms with Crippen molar-refractivity contribution < 1.29 is 19.5 Å². The zero-order valence-corrected chi connectivity index (χ0v) is 16.7. The third kappa shape index (κ3) is 3.39. The number of thioether (sulfide) groups is 1.